The molecule has 0 saturated heterocycles. The number of hydrazone groups is 1. The van der Waals surface area contributed by atoms with Gasteiger partial charge in [-0.25, -0.2) is 10.4 Å². The summed E-state index contributed by atoms with van der Waals surface area (Å²) in [7, 11) is 0. The lowest BCUT2D eigenvalue weighted by molar-refractivity contribution is -0.120. The number of anilines is 1. The summed E-state index contributed by atoms with van der Waals surface area (Å²) in [5.41, 5.74) is 6.07. The summed E-state index contributed by atoms with van der Waals surface area (Å²) >= 11 is 5.76. The van der Waals surface area contributed by atoms with Crippen molar-refractivity contribution in [1.82, 2.24) is 10.4 Å². The van der Waals surface area contributed by atoms with Gasteiger partial charge in [-0.3, -0.25) is 9.59 Å². The third kappa shape index (κ3) is 6.53. The van der Waals surface area contributed by atoms with Crippen LogP contribution in [0.15, 0.2) is 78.0 Å². The van der Waals surface area contributed by atoms with Crippen molar-refractivity contribution in [2.24, 2.45) is 5.10 Å². The number of pyridine rings is 1. The lowest BCUT2D eigenvalue weighted by atomic mass is 10.0. The largest absolute Gasteiger partial charge is 0.310 e. The smallest absolute Gasteiger partial charge is 0.244 e. The SMILES string of the molecule is C/C(CC(=O)Nc1ccc(Cl)cn1)=N\NC(=O)Cc1ccc(-c2ccccc2)cc1. The van der Waals surface area contributed by atoms with Crippen LogP contribution >= 0.6 is 11.6 Å². The summed E-state index contributed by atoms with van der Waals surface area (Å²) in [5.74, 6) is -0.126. The van der Waals surface area contributed by atoms with Crippen molar-refractivity contribution in [3.05, 3.63) is 83.5 Å². The van der Waals surface area contributed by atoms with Crippen molar-refractivity contribution in [2.75, 3.05) is 5.32 Å². The zero-order valence-electron chi connectivity index (χ0n) is 16.4. The molecule has 1 aromatic heterocycles. The first kappa shape index (κ1) is 21.2. The Hall–Kier alpha value is -3.51. The highest BCUT2D eigenvalue weighted by Crippen LogP contribution is 2.19. The molecule has 152 valence electrons. The van der Waals surface area contributed by atoms with Gasteiger partial charge < -0.3 is 5.32 Å². The zero-order valence-corrected chi connectivity index (χ0v) is 17.2. The Labute approximate surface area is 180 Å². The third-order valence-electron chi connectivity index (χ3n) is 4.21. The summed E-state index contributed by atoms with van der Waals surface area (Å²) in [6.45, 7) is 1.67. The molecule has 0 aliphatic carbocycles. The van der Waals surface area contributed by atoms with Crippen LogP contribution in [-0.4, -0.2) is 22.5 Å². The summed E-state index contributed by atoms with van der Waals surface area (Å²) in [6.07, 6.45) is 1.69. The van der Waals surface area contributed by atoms with E-state index in [2.05, 4.69) is 20.8 Å². The standard InChI is InChI=1S/C23H21ClN4O2/c1-16(13-22(29)26-21-12-11-20(24)15-25-21)27-28-23(30)14-17-7-9-19(10-8-17)18-5-3-2-4-6-18/h2-12,15H,13-14H2,1H3,(H,28,30)(H,25,26,29)/b27-16+. The van der Waals surface area contributed by atoms with Crippen molar-refractivity contribution < 1.29 is 9.59 Å². The Morgan fingerprint density at radius 2 is 1.63 bits per heavy atom. The lowest BCUT2D eigenvalue weighted by Gasteiger charge is -2.06. The van der Waals surface area contributed by atoms with Crippen LogP contribution in [0, 0.1) is 0 Å². The van der Waals surface area contributed by atoms with E-state index in [0.717, 1.165) is 16.7 Å². The molecule has 2 aromatic carbocycles. The van der Waals surface area contributed by atoms with E-state index in [4.69, 9.17) is 11.6 Å². The van der Waals surface area contributed by atoms with Crippen molar-refractivity contribution in [2.45, 2.75) is 19.8 Å². The molecule has 0 bridgehead atoms. The van der Waals surface area contributed by atoms with Crippen molar-refractivity contribution in [3.8, 4) is 11.1 Å². The van der Waals surface area contributed by atoms with Gasteiger partial charge in [-0.15, -0.1) is 0 Å². The third-order valence-corrected chi connectivity index (χ3v) is 4.43. The Morgan fingerprint density at radius 1 is 0.933 bits per heavy atom. The minimum absolute atomic E-state index is 0.0381. The molecule has 7 heteroatoms. The number of carbonyl (C=O) groups excluding carboxylic acids is 2. The first-order chi connectivity index (χ1) is 14.5. The van der Waals surface area contributed by atoms with Gasteiger partial charge in [0.05, 0.1) is 17.9 Å². The van der Waals surface area contributed by atoms with E-state index in [9.17, 15) is 9.59 Å². The molecule has 2 amide bonds. The lowest BCUT2D eigenvalue weighted by Crippen LogP contribution is -2.23. The Balaban J connectivity index is 1.47. The first-order valence-electron chi connectivity index (χ1n) is 9.37. The van der Waals surface area contributed by atoms with E-state index >= 15 is 0 Å². The monoisotopic (exact) mass is 420 g/mol. The first-order valence-corrected chi connectivity index (χ1v) is 9.75. The zero-order chi connectivity index (χ0) is 21.3. The van der Waals surface area contributed by atoms with Crippen LogP contribution in [0.4, 0.5) is 5.82 Å². The van der Waals surface area contributed by atoms with Crippen molar-refractivity contribution in [1.29, 1.82) is 0 Å². The number of halogens is 1. The quantitative estimate of drug-likeness (QED) is 0.437. The molecule has 0 atom stereocenters. The summed E-state index contributed by atoms with van der Waals surface area (Å²) in [4.78, 5) is 28.2. The van der Waals surface area contributed by atoms with Crippen LogP contribution in [0.5, 0.6) is 0 Å². The van der Waals surface area contributed by atoms with Crippen molar-refractivity contribution >= 4 is 34.9 Å². The van der Waals surface area contributed by atoms with Gasteiger partial charge in [0.2, 0.25) is 11.8 Å². The minimum atomic E-state index is -0.281. The molecule has 0 aliphatic rings. The molecule has 3 aromatic rings. The summed E-state index contributed by atoms with van der Waals surface area (Å²) < 4.78 is 0. The molecular formula is C23H21ClN4O2. The molecule has 2 N–H and O–H groups in total. The van der Waals surface area contributed by atoms with E-state index in [1.807, 2.05) is 54.6 Å². The fourth-order valence-electron chi connectivity index (χ4n) is 2.74. The number of hydrogen-bond acceptors (Lipinski definition) is 4. The maximum atomic E-state index is 12.1. The normalized spacial score (nSPS) is 11.1. The number of amides is 2. The van der Waals surface area contributed by atoms with Gasteiger partial charge in [-0.2, -0.15) is 5.10 Å². The molecule has 0 fully saturated rings. The van der Waals surface area contributed by atoms with E-state index in [1.165, 1.54) is 6.20 Å². The van der Waals surface area contributed by atoms with Gasteiger partial charge in [-0.05, 0) is 35.7 Å². The maximum absolute atomic E-state index is 12.1. The number of carbonyl (C=O) groups is 2. The number of benzene rings is 2. The number of hydrogen-bond donors (Lipinski definition) is 2. The van der Waals surface area contributed by atoms with Crippen LogP contribution in [0.1, 0.15) is 18.9 Å². The molecular weight excluding hydrogens is 400 g/mol. The molecule has 0 aliphatic heterocycles. The molecule has 6 nitrogen and oxygen atoms in total. The van der Waals surface area contributed by atoms with Gasteiger partial charge in [-0.1, -0.05) is 66.2 Å². The summed E-state index contributed by atoms with van der Waals surface area (Å²) in [6, 6.07) is 21.1. The van der Waals surface area contributed by atoms with E-state index < -0.39 is 0 Å². The average molecular weight is 421 g/mol. The van der Waals surface area contributed by atoms with Crippen LogP contribution in [0.2, 0.25) is 5.02 Å². The second kappa shape index (κ2) is 10.3. The van der Waals surface area contributed by atoms with Crippen LogP contribution in [-0.2, 0) is 16.0 Å². The predicted molar refractivity (Wildman–Crippen MR) is 119 cm³/mol. The molecule has 30 heavy (non-hydrogen) atoms. The second-order valence-electron chi connectivity index (χ2n) is 6.71. The Morgan fingerprint density at radius 3 is 2.30 bits per heavy atom. The van der Waals surface area contributed by atoms with Crippen LogP contribution in [0.25, 0.3) is 11.1 Å². The predicted octanol–water partition coefficient (Wildman–Crippen LogP) is 4.47. The Bertz CT molecular complexity index is 1030. The van der Waals surface area contributed by atoms with E-state index in [0.29, 0.717) is 16.6 Å². The highest BCUT2D eigenvalue weighted by molar-refractivity contribution is 6.30. The number of nitrogens with one attached hydrogen (secondary N) is 2. The van der Waals surface area contributed by atoms with Gasteiger partial charge >= 0.3 is 0 Å². The van der Waals surface area contributed by atoms with Gasteiger partial charge in [0, 0.05) is 11.9 Å². The molecule has 0 unspecified atom stereocenters. The second-order valence-corrected chi connectivity index (χ2v) is 7.14. The molecule has 0 radical (unpaired) electrons. The van der Waals surface area contributed by atoms with E-state index in [1.54, 1.807) is 19.1 Å². The summed E-state index contributed by atoms with van der Waals surface area (Å²) in [5, 5.41) is 7.13. The molecule has 3 rings (SSSR count). The maximum Gasteiger partial charge on any atom is 0.244 e. The highest BCUT2D eigenvalue weighted by Gasteiger charge is 2.07. The van der Waals surface area contributed by atoms with Crippen LogP contribution < -0.4 is 10.7 Å². The average Bonchev–Trinajstić information content (AvgIpc) is 2.75. The minimum Gasteiger partial charge on any atom is -0.310 e. The van der Waals surface area contributed by atoms with Gasteiger partial charge in [0.15, 0.2) is 0 Å². The highest BCUT2D eigenvalue weighted by atomic mass is 35.5. The van der Waals surface area contributed by atoms with E-state index in [-0.39, 0.29) is 24.7 Å². The van der Waals surface area contributed by atoms with Gasteiger partial charge in [0.25, 0.3) is 0 Å². The fraction of sp³-hybridized carbons (Fsp3) is 0.130. The van der Waals surface area contributed by atoms with Crippen LogP contribution in [0.3, 0.4) is 0 Å². The van der Waals surface area contributed by atoms with Crippen molar-refractivity contribution in [3.63, 3.8) is 0 Å². The fourth-order valence-corrected chi connectivity index (χ4v) is 2.85. The topological polar surface area (TPSA) is 83.4 Å². The molecule has 0 spiro atoms. The number of rotatable bonds is 7. The molecule has 1 heterocycles. The Kier molecular flexibility index (Phi) is 7.29. The number of nitrogens with zero attached hydrogens (tertiary/aromatic N) is 2. The molecule has 0 saturated carbocycles. The number of aromatic nitrogens is 1. The van der Waals surface area contributed by atoms with Gasteiger partial charge in [0.1, 0.15) is 5.82 Å².